The van der Waals surface area contributed by atoms with E-state index in [9.17, 15) is 9.59 Å². The minimum absolute atomic E-state index is 0.00792. The Bertz CT molecular complexity index is 290. The SMILES string of the molecule is CCN(C(=O)N(C)CCC(=O)O)C1CCNCC1. The van der Waals surface area contributed by atoms with E-state index >= 15 is 0 Å². The molecular formula is C12H23N3O3. The van der Waals surface area contributed by atoms with Crippen molar-refractivity contribution >= 4 is 12.0 Å². The van der Waals surface area contributed by atoms with Crippen LogP contribution in [-0.2, 0) is 4.79 Å². The van der Waals surface area contributed by atoms with Crippen LogP contribution in [0.5, 0.6) is 0 Å². The molecule has 0 bridgehead atoms. The Balaban J connectivity index is 2.51. The van der Waals surface area contributed by atoms with Crippen LogP contribution in [-0.4, -0.2) is 66.2 Å². The van der Waals surface area contributed by atoms with E-state index in [1.54, 1.807) is 7.05 Å². The lowest BCUT2D eigenvalue weighted by Gasteiger charge is -2.36. The minimum Gasteiger partial charge on any atom is -0.481 e. The van der Waals surface area contributed by atoms with Gasteiger partial charge in [0, 0.05) is 26.2 Å². The number of nitrogens with zero attached hydrogens (tertiary/aromatic N) is 2. The number of nitrogens with one attached hydrogen (secondary N) is 1. The van der Waals surface area contributed by atoms with Crippen LogP contribution in [0.4, 0.5) is 4.79 Å². The van der Waals surface area contributed by atoms with Crippen molar-refractivity contribution < 1.29 is 14.7 Å². The molecule has 6 heteroatoms. The van der Waals surface area contributed by atoms with Crippen LogP contribution in [0, 0.1) is 0 Å². The Kier molecular flexibility index (Phi) is 5.91. The van der Waals surface area contributed by atoms with Crippen LogP contribution in [0.15, 0.2) is 0 Å². The maximum absolute atomic E-state index is 12.2. The Labute approximate surface area is 108 Å². The van der Waals surface area contributed by atoms with Gasteiger partial charge in [0.2, 0.25) is 0 Å². The molecule has 104 valence electrons. The molecule has 0 radical (unpaired) electrons. The average Bonchev–Trinajstić information content (AvgIpc) is 2.38. The van der Waals surface area contributed by atoms with Crippen molar-refractivity contribution in [1.29, 1.82) is 0 Å². The summed E-state index contributed by atoms with van der Waals surface area (Å²) in [6.07, 6.45) is 1.92. The normalized spacial score (nSPS) is 16.3. The molecule has 1 aliphatic rings. The quantitative estimate of drug-likeness (QED) is 0.756. The number of hydrogen-bond acceptors (Lipinski definition) is 3. The first-order valence-corrected chi connectivity index (χ1v) is 6.50. The predicted molar refractivity (Wildman–Crippen MR) is 68.6 cm³/mol. The summed E-state index contributed by atoms with van der Waals surface area (Å²) in [6.45, 7) is 4.77. The Hall–Kier alpha value is -1.30. The van der Waals surface area contributed by atoms with Crippen molar-refractivity contribution in [3.63, 3.8) is 0 Å². The fourth-order valence-electron chi connectivity index (χ4n) is 2.25. The van der Waals surface area contributed by atoms with Gasteiger partial charge in [0.05, 0.1) is 6.42 Å². The summed E-state index contributed by atoms with van der Waals surface area (Å²) in [7, 11) is 1.66. The second kappa shape index (κ2) is 7.20. The minimum atomic E-state index is -0.875. The molecule has 1 aliphatic heterocycles. The van der Waals surface area contributed by atoms with E-state index in [4.69, 9.17) is 5.11 Å². The van der Waals surface area contributed by atoms with E-state index in [2.05, 4.69) is 5.32 Å². The zero-order valence-electron chi connectivity index (χ0n) is 11.2. The van der Waals surface area contributed by atoms with Crippen LogP contribution in [0.1, 0.15) is 26.2 Å². The van der Waals surface area contributed by atoms with Gasteiger partial charge in [-0.15, -0.1) is 0 Å². The smallest absolute Gasteiger partial charge is 0.319 e. The number of carbonyl (C=O) groups excluding carboxylic acids is 1. The lowest BCUT2D eigenvalue weighted by Crippen LogP contribution is -2.50. The summed E-state index contributed by atoms with van der Waals surface area (Å²) in [5.74, 6) is -0.875. The Morgan fingerprint density at radius 3 is 2.44 bits per heavy atom. The largest absolute Gasteiger partial charge is 0.481 e. The van der Waals surface area contributed by atoms with E-state index in [1.165, 1.54) is 4.90 Å². The van der Waals surface area contributed by atoms with Crippen LogP contribution in [0.2, 0.25) is 0 Å². The van der Waals surface area contributed by atoms with Crippen molar-refractivity contribution in [3.05, 3.63) is 0 Å². The lowest BCUT2D eigenvalue weighted by atomic mass is 10.1. The van der Waals surface area contributed by atoms with E-state index in [1.807, 2.05) is 11.8 Å². The number of carboxylic acid groups (broad SMARTS) is 1. The molecule has 0 spiro atoms. The summed E-state index contributed by atoms with van der Waals surface area (Å²) in [5, 5.41) is 11.9. The van der Waals surface area contributed by atoms with Gasteiger partial charge in [-0.2, -0.15) is 0 Å². The summed E-state index contributed by atoms with van der Waals surface area (Å²) in [5.41, 5.74) is 0. The van der Waals surface area contributed by atoms with Crippen LogP contribution in [0.3, 0.4) is 0 Å². The van der Waals surface area contributed by atoms with Gasteiger partial charge in [0.15, 0.2) is 0 Å². The number of piperidine rings is 1. The van der Waals surface area contributed by atoms with Gasteiger partial charge in [-0.3, -0.25) is 4.79 Å². The first kappa shape index (κ1) is 14.8. The fraction of sp³-hybridized carbons (Fsp3) is 0.833. The first-order chi connectivity index (χ1) is 8.56. The van der Waals surface area contributed by atoms with E-state index in [0.29, 0.717) is 6.54 Å². The first-order valence-electron chi connectivity index (χ1n) is 6.50. The number of amides is 2. The van der Waals surface area contributed by atoms with E-state index < -0.39 is 5.97 Å². The van der Waals surface area contributed by atoms with Gasteiger partial charge in [-0.05, 0) is 32.9 Å². The molecule has 0 atom stereocenters. The second-order valence-electron chi connectivity index (χ2n) is 4.62. The number of carbonyl (C=O) groups is 2. The zero-order valence-corrected chi connectivity index (χ0v) is 11.2. The number of aliphatic carboxylic acids is 1. The summed E-state index contributed by atoms with van der Waals surface area (Å²) < 4.78 is 0. The molecule has 0 aromatic carbocycles. The summed E-state index contributed by atoms with van der Waals surface area (Å²) in [4.78, 5) is 26.1. The maximum Gasteiger partial charge on any atom is 0.319 e. The van der Waals surface area contributed by atoms with Gasteiger partial charge in [0.1, 0.15) is 0 Å². The zero-order chi connectivity index (χ0) is 13.5. The van der Waals surface area contributed by atoms with Gasteiger partial charge < -0.3 is 20.2 Å². The lowest BCUT2D eigenvalue weighted by molar-refractivity contribution is -0.137. The molecule has 0 aliphatic carbocycles. The van der Waals surface area contributed by atoms with Gasteiger partial charge in [-0.25, -0.2) is 4.79 Å². The molecule has 6 nitrogen and oxygen atoms in total. The predicted octanol–water partition coefficient (Wildman–Crippen LogP) is 0.587. The number of carboxylic acids is 1. The highest BCUT2D eigenvalue weighted by atomic mass is 16.4. The maximum atomic E-state index is 12.2. The standard InChI is InChI=1S/C12H23N3O3/c1-3-15(10-4-7-13-8-5-10)12(18)14(2)9-6-11(16)17/h10,13H,3-9H2,1-2H3,(H,16,17). The van der Waals surface area contributed by atoms with E-state index in [-0.39, 0.29) is 25.0 Å². The molecule has 1 rings (SSSR count). The highest BCUT2D eigenvalue weighted by Crippen LogP contribution is 2.13. The van der Waals surface area contributed by atoms with Gasteiger partial charge in [-0.1, -0.05) is 0 Å². The Morgan fingerprint density at radius 2 is 1.94 bits per heavy atom. The highest BCUT2D eigenvalue weighted by molar-refractivity contribution is 5.75. The summed E-state index contributed by atoms with van der Waals surface area (Å²) in [6, 6.07) is 0.210. The van der Waals surface area contributed by atoms with Gasteiger partial charge in [0.25, 0.3) is 0 Å². The van der Waals surface area contributed by atoms with Crippen molar-refractivity contribution in [3.8, 4) is 0 Å². The number of urea groups is 1. The van der Waals surface area contributed by atoms with E-state index in [0.717, 1.165) is 25.9 Å². The van der Waals surface area contributed by atoms with Crippen molar-refractivity contribution in [2.24, 2.45) is 0 Å². The monoisotopic (exact) mass is 257 g/mol. The number of hydrogen-bond donors (Lipinski definition) is 2. The second-order valence-corrected chi connectivity index (χ2v) is 4.62. The van der Waals surface area contributed by atoms with Crippen LogP contribution >= 0.6 is 0 Å². The third kappa shape index (κ3) is 4.18. The van der Waals surface area contributed by atoms with Crippen molar-refractivity contribution in [2.45, 2.75) is 32.2 Å². The molecule has 0 unspecified atom stereocenters. The fourth-order valence-corrected chi connectivity index (χ4v) is 2.25. The molecule has 2 N–H and O–H groups in total. The molecule has 0 saturated carbocycles. The van der Waals surface area contributed by atoms with Crippen LogP contribution < -0.4 is 5.32 Å². The third-order valence-electron chi connectivity index (χ3n) is 3.32. The molecule has 1 fully saturated rings. The number of rotatable bonds is 5. The van der Waals surface area contributed by atoms with Crippen molar-refractivity contribution in [2.75, 3.05) is 33.2 Å². The molecule has 0 aromatic heterocycles. The molecule has 2 amide bonds. The van der Waals surface area contributed by atoms with Crippen LogP contribution in [0.25, 0.3) is 0 Å². The Morgan fingerprint density at radius 1 is 1.33 bits per heavy atom. The molecule has 1 heterocycles. The average molecular weight is 257 g/mol. The van der Waals surface area contributed by atoms with Crippen molar-refractivity contribution in [1.82, 2.24) is 15.1 Å². The topological polar surface area (TPSA) is 72.9 Å². The third-order valence-corrected chi connectivity index (χ3v) is 3.32. The highest BCUT2D eigenvalue weighted by Gasteiger charge is 2.26. The molecule has 0 aromatic rings. The molecular weight excluding hydrogens is 234 g/mol. The molecule has 1 saturated heterocycles. The molecule has 18 heavy (non-hydrogen) atoms. The summed E-state index contributed by atoms with van der Waals surface area (Å²) >= 11 is 0. The van der Waals surface area contributed by atoms with Gasteiger partial charge >= 0.3 is 12.0 Å².